The fraction of sp³-hybridized carbons (Fsp3) is 0.310. The van der Waals surface area contributed by atoms with E-state index in [1.807, 2.05) is 0 Å². The van der Waals surface area contributed by atoms with Crippen LogP contribution in [0.25, 0.3) is 0 Å². The summed E-state index contributed by atoms with van der Waals surface area (Å²) in [6.07, 6.45) is 3.63. The summed E-state index contributed by atoms with van der Waals surface area (Å²) in [5, 5.41) is 2.62. The van der Waals surface area contributed by atoms with Crippen LogP contribution in [0.3, 0.4) is 0 Å². The van der Waals surface area contributed by atoms with Crippen LogP contribution in [0.5, 0.6) is 0 Å². The number of nitrogens with zero attached hydrogens (tertiary/aromatic N) is 2. The van der Waals surface area contributed by atoms with Gasteiger partial charge in [-0.05, 0) is 56.2 Å². The molecule has 7 nitrogen and oxygen atoms in total. The highest BCUT2D eigenvalue weighted by Crippen LogP contribution is 2.28. The van der Waals surface area contributed by atoms with Gasteiger partial charge >= 0.3 is 0 Å². The van der Waals surface area contributed by atoms with Gasteiger partial charge in [0.25, 0.3) is 10.0 Å². The summed E-state index contributed by atoms with van der Waals surface area (Å²) in [4.78, 5) is 28.1. The minimum absolute atomic E-state index is 0.0170. The van der Waals surface area contributed by atoms with E-state index in [4.69, 9.17) is 11.6 Å². The SMILES string of the molecule is C[C@@H](C(=O)NC1CCCC1)N(Cc1ccccc1F)C(=O)CN(c1ccc(F)c(Cl)c1)S(=O)(=O)c1ccccc1. The number of sulfonamides is 1. The van der Waals surface area contributed by atoms with Crippen LogP contribution in [0.15, 0.2) is 77.7 Å². The Labute approximate surface area is 237 Å². The average Bonchev–Trinajstić information content (AvgIpc) is 3.46. The summed E-state index contributed by atoms with van der Waals surface area (Å²) in [6, 6.07) is 15.6. The van der Waals surface area contributed by atoms with Gasteiger partial charge in [0, 0.05) is 18.2 Å². The van der Waals surface area contributed by atoms with E-state index in [2.05, 4.69) is 5.32 Å². The lowest BCUT2D eigenvalue weighted by molar-refractivity contribution is -0.139. The van der Waals surface area contributed by atoms with Gasteiger partial charge in [-0.25, -0.2) is 17.2 Å². The summed E-state index contributed by atoms with van der Waals surface area (Å²) in [5.74, 6) is -2.49. The predicted octanol–water partition coefficient (Wildman–Crippen LogP) is 5.29. The number of halogens is 3. The summed E-state index contributed by atoms with van der Waals surface area (Å²) in [5.41, 5.74) is 0.121. The van der Waals surface area contributed by atoms with Gasteiger partial charge in [0.15, 0.2) is 0 Å². The number of carbonyl (C=O) groups is 2. The zero-order valence-corrected chi connectivity index (χ0v) is 23.5. The van der Waals surface area contributed by atoms with Crippen molar-refractivity contribution >= 4 is 39.1 Å². The third-order valence-corrected chi connectivity index (χ3v) is 9.05. The molecule has 1 atom stereocenters. The first-order valence-electron chi connectivity index (χ1n) is 12.9. The van der Waals surface area contributed by atoms with E-state index in [1.54, 1.807) is 12.1 Å². The van der Waals surface area contributed by atoms with Gasteiger partial charge in [0.05, 0.1) is 15.6 Å². The second-order valence-electron chi connectivity index (χ2n) is 9.70. The Morgan fingerprint density at radius 3 is 2.27 bits per heavy atom. The first-order chi connectivity index (χ1) is 19.1. The van der Waals surface area contributed by atoms with Gasteiger partial charge in [-0.1, -0.05) is 60.8 Å². The Kier molecular flexibility index (Phi) is 9.42. The van der Waals surface area contributed by atoms with Crippen molar-refractivity contribution in [3.05, 3.63) is 95.0 Å². The molecule has 0 radical (unpaired) electrons. The lowest BCUT2D eigenvalue weighted by Crippen LogP contribution is -2.52. The molecule has 2 amide bonds. The number of anilines is 1. The number of amides is 2. The number of hydrogen-bond acceptors (Lipinski definition) is 4. The second-order valence-corrected chi connectivity index (χ2v) is 12.0. The van der Waals surface area contributed by atoms with Crippen LogP contribution in [0.2, 0.25) is 5.02 Å². The zero-order valence-electron chi connectivity index (χ0n) is 21.9. The van der Waals surface area contributed by atoms with E-state index in [0.29, 0.717) is 0 Å². The van der Waals surface area contributed by atoms with Crippen molar-refractivity contribution in [3.8, 4) is 0 Å². The monoisotopic (exact) mass is 589 g/mol. The molecule has 0 saturated heterocycles. The van der Waals surface area contributed by atoms with Crippen LogP contribution in [0.4, 0.5) is 14.5 Å². The van der Waals surface area contributed by atoms with Gasteiger partial charge < -0.3 is 10.2 Å². The zero-order chi connectivity index (χ0) is 28.9. The van der Waals surface area contributed by atoms with Gasteiger partial charge in [-0.15, -0.1) is 0 Å². The Hall–Kier alpha value is -3.50. The summed E-state index contributed by atoms with van der Waals surface area (Å²) < 4.78 is 56.8. The van der Waals surface area contributed by atoms with Crippen LogP contribution in [-0.2, 0) is 26.2 Å². The number of benzene rings is 3. The van der Waals surface area contributed by atoms with Crippen molar-refractivity contribution in [3.63, 3.8) is 0 Å². The lowest BCUT2D eigenvalue weighted by atomic mass is 10.1. The van der Waals surface area contributed by atoms with Gasteiger partial charge in [-0.2, -0.15) is 0 Å². The molecular weight excluding hydrogens is 560 g/mol. The Morgan fingerprint density at radius 1 is 0.975 bits per heavy atom. The standard InChI is InChI=1S/C29H30ClF2N3O4S/c1-20(29(37)33-22-10-6-7-11-22)34(18-21-9-5-8-14-26(21)31)28(36)19-35(23-15-16-27(32)25(30)17-23)40(38,39)24-12-3-2-4-13-24/h2-5,8-9,12-17,20,22H,6-7,10-11,18-19H2,1H3,(H,33,37)/t20-/m0/s1. The van der Waals surface area contributed by atoms with Crippen LogP contribution in [0, 0.1) is 11.6 Å². The number of rotatable bonds is 10. The third kappa shape index (κ3) is 6.79. The quantitative estimate of drug-likeness (QED) is 0.348. The van der Waals surface area contributed by atoms with Crippen molar-refractivity contribution in [1.29, 1.82) is 0 Å². The molecule has 1 fully saturated rings. The van der Waals surface area contributed by atoms with Gasteiger partial charge in [-0.3, -0.25) is 13.9 Å². The van der Waals surface area contributed by atoms with Crippen LogP contribution >= 0.6 is 11.6 Å². The normalized spacial score (nSPS) is 14.5. The Balaban J connectivity index is 1.70. The van der Waals surface area contributed by atoms with Crippen LogP contribution in [-0.4, -0.2) is 43.8 Å². The lowest BCUT2D eigenvalue weighted by Gasteiger charge is -2.32. The molecule has 0 aromatic heterocycles. The van der Waals surface area contributed by atoms with E-state index in [0.717, 1.165) is 47.0 Å². The van der Waals surface area contributed by atoms with E-state index in [-0.39, 0.29) is 33.8 Å². The number of carbonyl (C=O) groups excluding carboxylic acids is 2. The molecule has 1 aliphatic carbocycles. The molecule has 1 saturated carbocycles. The second kappa shape index (κ2) is 12.8. The van der Waals surface area contributed by atoms with Crippen molar-refractivity contribution in [2.24, 2.45) is 0 Å². The summed E-state index contributed by atoms with van der Waals surface area (Å²) in [6.45, 7) is 0.511. The minimum Gasteiger partial charge on any atom is -0.352 e. The molecule has 3 aromatic carbocycles. The van der Waals surface area contributed by atoms with Gasteiger partial charge in [0.1, 0.15) is 24.2 Å². The molecule has 0 heterocycles. The average molecular weight is 590 g/mol. The molecule has 3 aromatic rings. The summed E-state index contributed by atoms with van der Waals surface area (Å²) >= 11 is 5.96. The van der Waals surface area contributed by atoms with Crippen molar-refractivity contribution in [1.82, 2.24) is 10.2 Å². The number of nitrogens with one attached hydrogen (secondary N) is 1. The van der Waals surface area contributed by atoms with Crippen LogP contribution < -0.4 is 9.62 Å². The largest absolute Gasteiger partial charge is 0.352 e. The molecule has 0 spiro atoms. The highest BCUT2D eigenvalue weighted by atomic mass is 35.5. The Morgan fingerprint density at radius 2 is 1.62 bits per heavy atom. The molecule has 1 N–H and O–H groups in total. The molecule has 0 aliphatic heterocycles. The van der Waals surface area contributed by atoms with Crippen molar-refractivity contribution in [2.45, 2.75) is 56.1 Å². The maximum Gasteiger partial charge on any atom is 0.264 e. The van der Waals surface area contributed by atoms with E-state index in [9.17, 15) is 26.8 Å². The number of hydrogen-bond donors (Lipinski definition) is 1. The topological polar surface area (TPSA) is 86.8 Å². The molecule has 212 valence electrons. The first kappa shape index (κ1) is 29.5. The van der Waals surface area contributed by atoms with Crippen molar-refractivity contribution < 1.29 is 26.8 Å². The fourth-order valence-electron chi connectivity index (χ4n) is 4.67. The van der Waals surface area contributed by atoms with Crippen molar-refractivity contribution in [2.75, 3.05) is 10.8 Å². The third-order valence-electron chi connectivity index (χ3n) is 6.97. The molecule has 11 heteroatoms. The fourth-order valence-corrected chi connectivity index (χ4v) is 6.28. The first-order valence-corrected chi connectivity index (χ1v) is 14.8. The van der Waals surface area contributed by atoms with E-state index in [1.165, 1.54) is 55.5 Å². The van der Waals surface area contributed by atoms with E-state index < -0.39 is 46.1 Å². The molecular formula is C29H30ClF2N3O4S. The van der Waals surface area contributed by atoms with Gasteiger partial charge in [0.2, 0.25) is 11.8 Å². The molecule has 1 aliphatic rings. The highest BCUT2D eigenvalue weighted by molar-refractivity contribution is 7.92. The molecule has 0 bridgehead atoms. The molecule has 40 heavy (non-hydrogen) atoms. The summed E-state index contributed by atoms with van der Waals surface area (Å²) in [7, 11) is -4.33. The maximum atomic E-state index is 14.6. The molecule has 0 unspecified atom stereocenters. The van der Waals surface area contributed by atoms with Crippen LogP contribution in [0.1, 0.15) is 38.2 Å². The maximum absolute atomic E-state index is 14.6. The predicted molar refractivity (Wildman–Crippen MR) is 149 cm³/mol. The van der Waals surface area contributed by atoms with E-state index >= 15 is 0 Å². The highest BCUT2D eigenvalue weighted by Gasteiger charge is 2.34. The minimum atomic E-state index is -4.33. The molecule has 4 rings (SSSR count). The Bertz CT molecular complexity index is 1470. The smallest absolute Gasteiger partial charge is 0.264 e.